The lowest BCUT2D eigenvalue weighted by Gasteiger charge is -1.87. The summed E-state index contributed by atoms with van der Waals surface area (Å²) >= 11 is 0. The van der Waals surface area contributed by atoms with Crippen LogP contribution in [0.4, 0.5) is 0 Å². The van der Waals surface area contributed by atoms with Crippen LogP contribution in [0.25, 0.3) is 0 Å². The van der Waals surface area contributed by atoms with Crippen molar-refractivity contribution in [2.75, 3.05) is 13.1 Å². The van der Waals surface area contributed by atoms with Crippen LogP contribution >= 0.6 is 0 Å². The topological polar surface area (TPSA) is 52.0 Å². The maximum Gasteiger partial charge on any atom is 0 e. The SMILES string of the molecule is NCCCCN.[Si]. The highest BCUT2D eigenvalue weighted by Crippen LogP contribution is 1.77. The number of nitrogens with two attached hydrogens (primary N) is 2. The molecule has 0 aromatic rings. The molecule has 0 aromatic heterocycles. The third kappa shape index (κ3) is 10.7. The molecule has 0 aromatic carbocycles. The number of hydrogen-bond acceptors (Lipinski definition) is 2. The Labute approximate surface area is 49.3 Å². The minimum atomic E-state index is 0. The number of unbranched alkanes of at least 4 members (excludes halogenated alkanes) is 1. The molecular weight excluding hydrogens is 104 g/mol. The average Bonchev–Trinajstić information content (AvgIpc) is 1.61. The fourth-order valence-corrected chi connectivity index (χ4v) is 0.289. The van der Waals surface area contributed by atoms with Gasteiger partial charge in [-0.25, -0.2) is 0 Å². The van der Waals surface area contributed by atoms with Gasteiger partial charge in [0.25, 0.3) is 0 Å². The predicted molar refractivity (Wildman–Crippen MR) is 33.1 cm³/mol. The van der Waals surface area contributed by atoms with Crippen molar-refractivity contribution in [3.05, 3.63) is 0 Å². The van der Waals surface area contributed by atoms with Gasteiger partial charge in [0.05, 0.1) is 0 Å². The van der Waals surface area contributed by atoms with Crippen molar-refractivity contribution in [3.8, 4) is 0 Å². The van der Waals surface area contributed by atoms with Crippen molar-refractivity contribution in [1.29, 1.82) is 0 Å². The fraction of sp³-hybridized carbons (Fsp3) is 1.00. The van der Waals surface area contributed by atoms with Crippen LogP contribution in [-0.2, 0) is 0 Å². The van der Waals surface area contributed by atoms with Crippen LogP contribution in [0.2, 0.25) is 0 Å². The molecule has 0 unspecified atom stereocenters. The van der Waals surface area contributed by atoms with Crippen LogP contribution < -0.4 is 11.5 Å². The van der Waals surface area contributed by atoms with Crippen molar-refractivity contribution in [3.63, 3.8) is 0 Å². The van der Waals surface area contributed by atoms with Gasteiger partial charge in [-0.05, 0) is 25.9 Å². The molecule has 0 rings (SSSR count). The highest BCUT2D eigenvalue weighted by atomic mass is 28.1. The van der Waals surface area contributed by atoms with E-state index in [2.05, 4.69) is 0 Å². The third-order valence-corrected chi connectivity index (χ3v) is 0.658. The molecule has 2 nitrogen and oxygen atoms in total. The summed E-state index contributed by atoms with van der Waals surface area (Å²) in [7, 11) is 0. The summed E-state index contributed by atoms with van der Waals surface area (Å²) in [5, 5.41) is 0. The predicted octanol–water partition coefficient (Wildman–Crippen LogP) is -0.697. The third-order valence-electron chi connectivity index (χ3n) is 0.658. The summed E-state index contributed by atoms with van der Waals surface area (Å²) in [5.74, 6) is 0. The first-order valence-corrected chi connectivity index (χ1v) is 2.32. The minimum Gasteiger partial charge on any atom is -0.330 e. The van der Waals surface area contributed by atoms with Crippen molar-refractivity contribution in [2.45, 2.75) is 12.8 Å². The van der Waals surface area contributed by atoms with E-state index in [1.54, 1.807) is 0 Å². The average molecular weight is 116 g/mol. The molecular formula is C4H12N2Si. The molecule has 0 aliphatic heterocycles. The molecule has 0 spiro atoms. The van der Waals surface area contributed by atoms with E-state index < -0.39 is 0 Å². The summed E-state index contributed by atoms with van der Waals surface area (Å²) in [6.45, 7) is 1.55. The second kappa shape index (κ2) is 9.46. The smallest absolute Gasteiger partial charge is 0 e. The molecule has 0 aliphatic carbocycles. The van der Waals surface area contributed by atoms with Gasteiger partial charge in [-0.3, -0.25) is 0 Å². The minimum absolute atomic E-state index is 0. The lowest BCUT2D eigenvalue weighted by molar-refractivity contribution is 0.755. The highest BCUT2D eigenvalue weighted by Gasteiger charge is 1.75. The highest BCUT2D eigenvalue weighted by molar-refractivity contribution is 5.75. The van der Waals surface area contributed by atoms with Crippen molar-refractivity contribution < 1.29 is 0 Å². The van der Waals surface area contributed by atoms with E-state index in [-0.39, 0.29) is 11.0 Å². The summed E-state index contributed by atoms with van der Waals surface area (Å²) in [5.41, 5.74) is 10.3. The number of rotatable bonds is 3. The first kappa shape index (κ1) is 10.2. The summed E-state index contributed by atoms with van der Waals surface area (Å²) in [4.78, 5) is 0. The van der Waals surface area contributed by atoms with Gasteiger partial charge in [-0.2, -0.15) is 0 Å². The molecule has 7 heavy (non-hydrogen) atoms. The van der Waals surface area contributed by atoms with Gasteiger partial charge in [0, 0.05) is 11.0 Å². The van der Waals surface area contributed by atoms with Gasteiger partial charge < -0.3 is 11.5 Å². The van der Waals surface area contributed by atoms with Gasteiger partial charge in [-0.1, -0.05) is 0 Å². The zero-order valence-corrected chi connectivity index (χ0v) is 5.48. The van der Waals surface area contributed by atoms with E-state index >= 15 is 0 Å². The molecule has 0 saturated heterocycles. The Morgan fingerprint density at radius 3 is 1.29 bits per heavy atom. The summed E-state index contributed by atoms with van der Waals surface area (Å²) < 4.78 is 0. The van der Waals surface area contributed by atoms with Crippen LogP contribution in [0.1, 0.15) is 12.8 Å². The molecule has 0 fully saturated rings. The Kier molecular flexibility index (Phi) is 13.8. The Balaban J connectivity index is 0. The molecule has 0 amide bonds. The van der Waals surface area contributed by atoms with E-state index in [0.717, 1.165) is 25.9 Å². The van der Waals surface area contributed by atoms with Gasteiger partial charge in [0.15, 0.2) is 0 Å². The Morgan fingerprint density at radius 1 is 0.857 bits per heavy atom. The lowest BCUT2D eigenvalue weighted by Crippen LogP contribution is -2.03. The molecule has 0 aliphatic rings. The second-order valence-electron chi connectivity index (χ2n) is 1.28. The molecule has 0 atom stereocenters. The Hall–Kier alpha value is 0.137. The Bertz CT molecular complexity index is 21.7. The maximum atomic E-state index is 5.16. The lowest BCUT2D eigenvalue weighted by atomic mass is 10.3. The van der Waals surface area contributed by atoms with Crippen molar-refractivity contribution in [1.82, 2.24) is 0 Å². The molecule has 0 saturated carbocycles. The van der Waals surface area contributed by atoms with E-state index in [1.165, 1.54) is 0 Å². The zero-order valence-electron chi connectivity index (χ0n) is 4.48. The quantitative estimate of drug-likeness (QED) is 0.378. The van der Waals surface area contributed by atoms with Crippen LogP contribution in [-0.4, -0.2) is 24.1 Å². The first-order chi connectivity index (χ1) is 2.91. The van der Waals surface area contributed by atoms with Crippen LogP contribution in [0.5, 0.6) is 0 Å². The van der Waals surface area contributed by atoms with Crippen LogP contribution in [0, 0.1) is 0 Å². The summed E-state index contributed by atoms with van der Waals surface area (Å²) in [6, 6.07) is 0. The van der Waals surface area contributed by atoms with Crippen molar-refractivity contribution >= 4 is 11.0 Å². The van der Waals surface area contributed by atoms with Gasteiger partial charge in [0.1, 0.15) is 0 Å². The monoisotopic (exact) mass is 116 g/mol. The number of hydrogen-bond donors (Lipinski definition) is 2. The Morgan fingerprint density at radius 2 is 1.14 bits per heavy atom. The first-order valence-electron chi connectivity index (χ1n) is 2.32. The zero-order chi connectivity index (χ0) is 4.83. The normalized spacial score (nSPS) is 7.71. The molecule has 42 valence electrons. The van der Waals surface area contributed by atoms with Crippen LogP contribution in [0.15, 0.2) is 0 Å². The van der Waals surface area contributed by atoms with E-state index in [9.17, 15) is 0 Å². The molecule has 0 bridgehead atoms. The standard InChI is InChI=1S/C4H12N2.Si/c5-3-1-2-4-6;/h1-6H2;. The van der Waals surface area contributed by atoms with E-state index in [0.29, 0.717) is 0 Å². The van der Waals surface area contributed by atoms with Gasteiger partial charge in [-0.15, -0.1) is 0 Å². The van der Waals surface area contributed by atoms with E-state index in [1.807, 2.05) is 0 Å². The van der Waals surface area contributed by atoms with E-state index in [4.69, 9.17) is 11.5 Å². The second-order valence-corrected chi connectivity index (χ2v) is 1.28. The molecule has 4 radical (unpaired) electrons. The fourth-order valence-electron chi connectivity index (χ4n) is 0.289. The van der Waals surface area contributed by atoms with Gasteiger partial charge >= 0.3 is 0 Å². The molecule has 0 heterocycles. The van der Waals surface area contributed by atoms with Gasteiger partial charge in [0.2, 0.25) is 0 Å². The maximum absolute atomic E-state index is 5.16. The van der Waals surface area contributed by atoms with Crippen LogP contribution in [0.3, 0.4) is 0 Å². The van der Waals surface area contributed by atoms with Crippen molar-refractivity contribution in [2.24, 2.45) is 11.5 Å². The summed E-state index contributed by atoms with van der Waals surface area (Å²) in [6.07, 6.45) is 2.13. The largest absolute Gasteiger partial charge is 0.330 e. The molecule has 3 heteroatoms. The molecule has 4 N–H and O–H groups in total.